The van der Waals surface area contributed by atoms with Crippen molar-refractivity contribution in [2.75, 3.05) is 30.1 Å². The van der Waals surface area contributed by atoms with E-state index in [1.165, 1.54) is 9.58 Å². The molecule has 0 fully saturated rings. The molecule has 2 aromatic rings. The molecule has 0 saturated carbocycles. The van der Waals surface area contributed by atoms with Gasteiger partial charge >= 0.3 is 6.18 Å². The topological polar surface area (TPSA) is 107 Å². The summed E-state index contributed by atoms with van der Waals surface area (Å²) in [6.45, 7) is 3.44. The van der Waals surface area contributed by atoms with Crippen LogP contribution >= 0.6 is 0 Å². The van der Waals surface area contributed by atoms with E-state index in [1.54, 1.807) is 44.6 Å². The van der Waals surface area contributed by atoms with E-state index >= 15 is 0 Å². The molecule has 0 unspecified atom stereocenters. The Bertz CT molecular complexity index is 1040. The van der Waals surface area contributed by atoms with Crippen molar-refractivity contribution >= 4 is 27.1 Å². The number of amides is 1. The number of carbonyl (C=O) groups is 1. The first kappa shape index (κ1) is 24.3. The Hall–Kier alpha value is -2.96. The van der Waals surface area contributed by atoms with Crippen molar-refractivity contribution in [1.82, 2.24) is 14.8 Å². The number of rotatable bonds is 9. The minimum atomic E-state index is -4.64. The molecule has 170 valence electrons. The van der Waals surface area contributed by atoms with E-state index in [0.29, 0.717) is 17.1 Å². The van der Waals surface area contributed by atoms with Crippen molar-refractivity contribution in [2.45, 2.75) is 26.4 Å². The molecule has 13 heteroatoms. The van der Waals surface area contributed by atoms with Crippen molar-refractivity contribution < 1.29 is 31.2 Å². The first-order valence-electron chi connectivity index (χ1n) is 9.13. The highest BCUT2D eigenvalue weighted by Gasteiger charge is 2.33. The van der Waals surface area contributed by atoms with E-state index < -0.39 is 45.6 Å². The van der Waals surface area contributed by atoms with E-state index in [1.807, 2.05) is 0 Å². The molecule has 2 heterocycles. The smallest absolute Gasteiger partial charge is 0.390 e. The number of aryl methyl sites for hydroxylation is 1. The maximum Gasteiger partial charge on any atom is 0.390 e. The third kappa shape index (κ3) is 6.77. The van der Waals surface area contributed by atoms with Crippen LogP contribution in [-0.2, 0) is 19.5 Å². The zero-order chi connectivity index (χ0) is 23.2. The molecule has 0 aliphatic heterocycles. The van der Waals surface area contributed by atoms with Crippen LogP contribution in [0.5, 0.6) is 0 Å². The Balaban J connectivity index is 2.30. The summed E-state index contributed by atoms with van der Waals surface area (Å²) < 4.78 is 63.0. The minimum Gasteiger partial charge on any atom is -0.399 e. The van der Waals surface area contributed by atoms with Gasteiger partial charge in [-0.15, -0.1) is 0 Å². The highest BCUT2D eigenvalue weighted by molar-refractivity contribution is 7.92. The standard InChI is InChI=1S/C18H22F3N5O4S/c1-4-25(16-11-26(23-13(16)2)14-6-5-8-22-10-14)17(27)15(24-30-3)12-31(28,29)9-7-18(19,20)21/h5-6,8,10-11H,4,7,9,12H2,1-3H3. The van der Waals surface area contributed by atoms with E-state index in [2.05, 4.69) is 20.1 Å². The first-order valence-corrected chi connectivity index (χ1v) is 10.9. The molecule has 2 aromatic heterocycles. The largest absolute Gasteiger partial charge is 0.399 e. The maximum absolute atomic E-state index is 13.0. The molecule has 2 rings (SSSR count). The number of pyridine rings is 1. The Labute approximate surface area is 177 Å². The monoisotopic (exact) mass is 461 g/mol. The molecule has 1 amide bonds. The summed E-state index contributed by atoms with van der Waals surface area (Å²) in [6, 6.07) is 3.47. The lowest BCUT2D eigenvalue weighted by Gasteiger charge is -2.20. The predicted molar refractivity (Wildman–Crippen MR) is 108 cm³/mol. The van der Waals surface area contributed by atoms with Gasteiger partial charge in [-0.2, -0.15) is 18.3 Å². The number of aromatic nitrogens is 3. The Morgan fingerprint density at radius 3 is 2.61 bits per heavy atom. The quantitative estimate of drug-likeness (QED) is 0.419. The van der Waals surface area contributed by atoms with Gasteiger partial charge in [0.05, 0.1) is 41.6 Å². The van der Waals surface area contributed by atoms with Crippen LogP contribution in [-0.4, -0.2) is 66.1 Å². The molecule has 0 N–H and O–H groups in total. The van der Waals surface area contributed by atoms with E-state index in [9.17, 15) is 26.4 Å². The second-order valence-electron chi connectivity index (χ2n) is 6.48. The molecule has 0 bridgehead atoms. The number of sulfone groups is 1. The fraction of sp³-hybridized carbons (Fsp3) is 0.444. The molecule has 31 heavy (non-hydrogen) atoms. The van der Waals surface area contributed by atoms with E-state index in [-0.39, 0.29) is 6.54 Å². The lowest BCUT2D eigenvalue weighted by Crippen LogP contribution is -2.40. The molecule has 0 aromatic carbocycles. The molecule has 0 spiro atoms. The molecule has 0 radical (unpaired) electrons. The van der Waals surface area contributed by atoms with Gasteiger partial charge in [-0.3, -0.25) is 9.78 Å². The summed E-state index contributed by atoms with van der Waals surface area (Å²) in [4.78, 5) is 22.8. The molecule has 9 nitrogen and oxygen atoms in total. The summed E-state index contributed by atoms with van der Waals surface area (Å²) in [5, 5.41) is 7.81. The summed E-state index contributed by atoms with van der Waals surface area (Å²) >= 11 is 0. The lowest BCUT2D eigenvalue weighted by atomic mass is 10.3. The summed E-state index contributed by atoms with van der Waals surface area (Å²) in [5.41, 5.74) is 0.963. The molecule has 0 atom stereocenters. The molecular formula is C18H22F3N5O4S. The number of anilines is 1. The van der Waals surface area contributed by atoms with Crippen LogP contribution in [0.25, 0.3) is 5.69 Å². The van der Waals surface area contributed by atoms with Gasteiger partial charge in [-0.05, 0) is 26.0 Å². The van der Waals surface area contributed by atoms with Crippen LogP contribution in [0.1, 0.15) is 19.0 Å². The molecule has 0 aliphatic rings. The lowest BCUT2D eigenvalue weighted by molar-refractivity contribution is -0.129. The molecule has 0 aliphatic carbocycles. The maximum atomic E-state index is 13.0. The van der Waals surface area contributed by atoms with Crippen molar-refractivity contribution in [2.24, 2.45) is 5.16 Å². The second kappa shape index (κ2) is 9.90. The average Bonchev–Trinajstić information content (AvgIpc) is 3.08. The Morgan fingerprint density at radius 1 is 1.35 bits per heavy atom. The van der Waals surface area contributed by atoms with Crippen LogP contribution in [0.3, 0.4) is 0 Å². The summed E-state index contributed by atoms with van der Waals surface area (Å²) in [7, 11) is -3.15. The Morgan fingerprint density at radius 2 is 2.06 bits per heavy atom. The van der Waals surface area contributed by atoms with Crippen LogP contribution in [0, 0.1) is 6.92 Å². The Kier molecular flexibility index (Phi) is 7.76. The fourth-order valence-electron chi connectivity index (χ4n) is 2.71. The second-order valence-corrected chi connectivity index (χ2v) is 8.67. The van der Waals surface area contributed by atoms with Gasteiger partial charge in [0.2, 0.25) is 0 Å². The van der Waals surface area contributed by atoms with Crippen LogP contribution in [0.2, 0.25) is 0 Å². The zero-order valence-corrected chi connectivity index (χ0v) is 17.9. The third-order valence-electron chi connectivity index (χ3n) is 4.14. The molecule has 0 saturated heterocycles. The first-order chi connectivity index (χ1) is 14.5. The van der Waals surface area contributed by atoms with Crippen LogP contribution < -0.4 is 4.90 Å². The van der Waals surface area contributed by atoms with Crippen molar-refractivity contribution in [3.63, 3.8) is 0 Å². The minimum absolute atomic E-state index is 0.129. The number of carbonyl (C=O) groups excluding carboxylic acids is 1. The van der Waals surface area contributed by atoms with Gasteiger partial charge < -0.3 is 9.74 Å². The zero-order valence-electron chi connectivity index (χ0n) is 17.1. The van der Waals surface area contributed by atoms with Crippen molar-refractivity contribution in [3.05, 3.63) is 36.4 Å². The number of hydrogen-bond donors (Lipinski definition) is 0. The summed E-state index contributed by atoms with van der Waals surface area (Å²) in [5.74, 6) is -2.95. The number of hydrogen-bond acceptors (Lipinski definition) is 7. The predicted octanol–water partition coefficient (Wildman–Crippen LogP) is 2.30. The van der Waals surface area contributed by atoms with Crippen LogP contribution in [0.4, 0.5) is 18.9 Å². The average molecular weight is 461 g/mol. The third-order valence-corrected chi connectivity index (χ3v) is 5.68. The van der Waals surface area contributed by atoms with Crippen LogP contribution in [0.15, 0.2) is 35.9 Å². The van der Waals surface area contributed by atoms with E-state index in [0.717, 1.165) is 7.11 Å². The van der Waals surface area contributed by atoms with Gasteiger partial charge in [0.25, 0.3) is 5.91 Å². The fourth-order valence-corrected chi connectivity index (χ4v) is 3.99. The number of halogens is 3. The van der Waals surface area contributed by atoms with Gasteiger partial charge in [0.15, 0.2) is 15.5 Å². The van der Waals surface area contributed by atoms with Gasteiger partial charge in [-0.25, -0.2) is 13.1 Å². The van der Waals surface area contributed by atoms with Crippen molar-refractivity contribution in [3.8, 4) is 5.69 Å². The number of alkyl halides is 3. The summed E-state index contributed by atoms with van der Waals surface area (Å²) in [6.07, 6.45) is -1.42. The van der Waals surface area contributed by atoms with E-state index in [4.69, 9.17) is 0 Å². The normalized spacial score (nSPS) is 12.6. The highest BCUT2D eigenvalue weighted by atomic mass is 32.2. The van der Waals surface area contributed by atoms with Gasteiger partial charge in [-0.1, -0.05) is 5.16 Å². The highest BCUT2D eigenvalue weighted by Crippen LogP contribution is 2.23. The SMILES string of the molecule is CCN(C(=O)C(CS(=O)(=O)CCC(F)(F)F)=NOC)c1cn(-c2cccnc2)nc1C. The van der Waals surface area contributed by atoms with Gasteiger partial charge in [0, 0.05) is 12.7 Å². The number of oxime groups is 1. The number of nitrogens with zero attached hydrogens (tertiary/aromatic N) is 5. The molecular weight excluding hydrogens is 439 g/mol. The van der Waals surface area contributed by atoms with Crippen molar-refractivity contribution in [1.29, 1.82) is 0 Å². The van der Waals surface area contributed by atoms with Gasteiger partial charge in [0.1, 0.15) is 12.9 Å².